The molecule has 0 unspecified atom stereocenters. The average molecular weight is 808 g/mol. The number of rotatable bonds is 23. The summed E-state index contributed by atoms with van der Waals surface area (Å²) >= 11 is 2.95. The highest BCUT2D eigenvalue weighted by atomic mass is 32.2. The van der Waals surface area contributed by atoms with Crippen LogP contribution in [-0.4, -0.2) is 131 Å². The number of carbonyl (C=O) groups is 9. The lowest BCUT2D eigenvalue weighted by Gasteiger charge is -2.30. The number of ketones is 4. The third-order valence-corrected chi connectivity index (χ3v) is 10.7. The molecule has 0 saturated carbocycles. The summed E-state index contributed by atoms with van der Waals surface area (Å²) < 4.78 is 0. The zero-order valence-electron chi connectivity index (χ0n) is 33.1. The van der Waals surface area contributed by atoms with E-state index in [1.165, 1.54) is 50.4 Å². The molecule has 0 fully saturated rings. The van der Waals surface area contributed by atoms with Gasteiger partial charge in [-0.2, -0.15) is 0 Å². The summed E-state index contributed by atoms with van der Waals surface area (Å²) in [5.74, 6) is -1.65. The zero-order valence-corrected chi connectivity index (χ0v) is 34.7. The molecule has 16 heteroatoms. The van der Waals surface area contributed by atoms with Gasteiger partial charge in [0.1, 0.15) is 23.1 Å². The van der Waals surface area contributed by atoms with E-state index in [1.807, 2.05) is 0 Å². The summed E-state index contributed by atoms with van der Waals surface area (Å²) in [5, 5.41) is 8.82. The first-order chi connectivity index (χ1) is 26.3. The molecule has 0 atom stereocenters. The summed E-state index contributed by atoms with van der Waals surface area (Å²) in [7, 11) is 0. The summed E-state index contributed by atoms with van der Waals surface area (Å²) in [4.78, 5) is 120. The molecule has 0 aromatic carbocycles. The van der Waals surface area contributed by atoms with Crippen LogP contribution in [-0.2, 0) is 43.2 Å². The van der Waals surface area contributed by atoms with Gasteiger partial charge in [0.15, 0.2) is 0 Å². The molecule has 0 bridgehead atoms. The summed E-state index contributed by atoms with van der Waals surface area (Å²) in [6.07, 6.45) is 4.99. The number of Topliss-reactive ketones (excluding diaryl/α,β-unsaturated/α-hetero) is 4. The smallest absolute Gasteiger partial charge is 0.244 e. The van der Waals surface area contributed by atoms with Crippen LogP contribution in [0.15, 0.2) is 23.0 Å². The van der Waals surface area contributed by atoms with E-state index < -0.39 is 23.6 Å². The first kappa shape index (κ1) is 49.2. The van der Waals surface area contributed by atoms with Crippen LogP contribution in [0.3, 0.4) is 0 Å². The largest absolute Gasteiger partial charge is 0.352 e. The fourth-order valence-electron chi connectivity index (χ4n) is 5.23. The van der Waals surface area contributed by atoms with Gasteiger partial charge in [-0.15, -0.1) is 23.5 Å². The molecule has 308 valence electrons. The van der Waals surface area contributed by atoms with Crippen molar-refractivity contribution in [1.82, 2.24) is 25.3 Å². The van der Waals surface area contributed by atoms with Crippen LogP contribution in [0.25, 0.3) is 0 Å². The molecule has 1 rings (SSSR count). The number of amides is 5. The van der Waals surface area contributed by atoms with Gasteiger partial charge in [0, 0.05) is 129 Å². The van der Waals surface area contributed by atoms with E-state index in [2.05, 4.69) is 10.6 Å². The number of thioether (sulfide) groups is 2. The molecule has 14 nitrogen and oxygen atoms in total. The number of hydrogen-bond donors (Lipinski definition) is 2. The Kier molecular flexibility index (Phi) is 26.4. The Morgan fingerprint density at radius 1 is 0.545 bits per heavy atom. The molecule has 0 spiro atoms. The van der Waals surface area contributed by atoms with Gasteiger partial charge in [0.05, 0.1) is 5.92 Å². The minimum atomic E-state index is -0.964. The lowest BCUT2D eigenvalue weighted by atomic mass is 10.1. The maximum Gasteiger partial charge on any atom is 0.244 e. The van der Waals surface area contributed by atoms with E-state index in [4.69, 9.17) is 0 Å². The van der Waals surface area contributed by atoms with Crippen LogP contribution >= 0.6 is 23.5 Å². The molecule has 0 aliphatic carbocycles. The van der Waals surface area contributed by atoms with E-state index in [0.29, 0.717) is 25.7 Å². The minimum Gasteiger partial charge on any atom is -0.352 e. The Bertz CT molecular complexity index is 1240. The highest BCUT2D eigenvalue weighted by molar-refractivity contribution is 8.03. The fourth-order valence-corrected chi connectivity index (χ4v) is 6.75. The van der Waals surface area contributed by atoms with Crippen LogP contribution in [0.2, 0.25) is 0 Å². The Hall–Kier alpha value is -3.79. The Morgan fingerprint density at radius 2 is 0.873 bits per heavy atom. The molecule has 2 N–H and O–H groups in total. The molecule has 55 heavy (non-hydrogen) atoms. The van der Waals surface area contributed by atoms with E-state index in [-0.39, 0.29) is 126 Å². The Morgan fingerprint density at radius 3 is 1.20 bits per heavy atom. The van der Waals surface area contributed by atoms with Crippen LogP contribution in [0.4, 0.5) is 0 Å². The highest BCUT2D eigenvalue weighted by Crippen LogP contribution is 2.13. The molecule has 1 heterocycles. The third-order valence-electron chi connectivity index (χ3n) is 8.98. The fraction of sp³-hybridized carbons (Fsp3) is 0.667. The van der Waals surface area contributed by atoms with E-state index in [0.717, 1.165) is 17.9 Å². The number of nitrogens with one attached hydrogen (secondary N) is 2. The van der Waals surface area contributed by atoms with Gasteiger partial charge in [0.25, 0.3) is 0 Å². The first-order valence-corrected chi connectivity index (χ1v) is 21.5. The van der Waals surface area contributed by atoms with Crippen LogP contribution in [0.5, 0.6) is 0 Å². The Balaban J connectivity index is 3.39. The van der Waals surface area contributed by atoms with Crippen LogP contribution in [0, 0.1) is 5.92 Å². The number of carbonyl (C=O) groups excluding carboxylic acids is 9. The van der Waals surface area contributed by atoms with Crippen molar-refractivity contribution in [3.05, 3.63) is 23.0 Å². The molecule has 0 aromatic heterocycles. The molecule has 1 aliphatic rings. The standard InChI is InChI=1S/C39H61N5O9S2/c1-5-31(45)10-18-42(19-11-32(46)6-2)37(51)14-22-44(23-15-38(52)43(20-12-33(47)7-3)21-13-34(48)8-4)39(53)30-28-40-35(49)16-26-54-24-9-25-55-27-17-36(50)41-29-30/h16-17,26-27,30H,5-15,18-25,28-29H2,1-4H3,(H,40,49)(H,41,50)/b26-16+,27-17+. The summed E-state index contributed by atoms with van der Waals surface area (Å²) in [5.41, 5.74) is 0. The SMILES string of the molecule is CCC(=O)CCN(CCC(=O)CC)C(=O)CCN(CCC(=O)N(CCC(=O)CC)CCC(=O)CC)C(=O)C1CNC(=O)/C=C/SCCCS/C=C/C(=O)NC1. The lowest BCUT2D eigenvalue weighted by Crippen LogP contribution is -2.48. The first-order valence-electron chi connectivity index (χ1n) is 19.4. The van der Waals surface area contributed by atoms with Gasteiger partial charge >= 0.3 is 0 Å². The second-order valence-electron chi connectivity index (χ2n) is 13.0. The van der Waals surface area contributed by atoms with Crippen molar-refractivity contribution in [3.63, 3.8) is 0 Å². The van der Waals surface area contributed by atoms with Crippen molar-refractivity contribution in [3.8, 4) is 0 Å². The lowest BCUT2D eigenvalue weighted by molar-refractivity contribution is -0.138. The summed E-state index contributed by atoms with van der Waals surface area (Å²) in [6.45, 7) is 6.87. The number of nitrogens with zero attached hydrogens (tertiary/aromatic N) is 3. The highest BCUT2D eigenvalue weighted by Gasteiger charge is 2.28. The van der Waals surface area contributed by atoms with Crippen molar-refractivity contribution in [2.75, 3.05) is 63.9 Å². The van der Waals surface area contributed by atoms with Gasteiger partial charge in [0.2, 0.25) is 29.5 Å². The predicted molar refractivity (Wildman–Crippen MR) is 216 cm³/mol. The topological polar surface area (TPSA) is 187 Å². The molecular formula is C39H61N5O9S2. The van der Waals surface area contributed by atoms with Crippen molar-refractivity contribution < 1.29 is 43.2 Å². The third kappa shape index (κ3) is 22.4. The predicted octanol–water partition coefficient (Wildman–Crippen LogP) is 3.48. The van der Waals surface area contributed by atoms with Gasteiger partial charge in [-0.25, -0.2) is 0 Å². The maximum absolute atomic E-state index is 14.3. The van der Waals surface area contributed by atoms with Gasteiger partial charge in [-0.05, 0) is 28.7 Å². The van der Waals surface area contributed by atoms with Gasteiger partial charge in [-0.3, -0.25) is 43.2 Å². The Labute approximate surface area is 334 Å². The van der Waals surface area contributed by atoms with Gasteiger partial charge in [-0.1, -0.05) is 27.7 Å². The maximum atomic E-state index is 14.3. The van der Waals surface area contributed by atoms with Gasteiger partial charge < -0.3 is 25.3 Å². The average Bonchev–Trinajstić information content (AvgIpc) is 3.18. The zero-order chi connectivity index (χ0) is 41.0. The van der Waals surface area contributed by atoms with E-state index in [1.54, 1.807) is 38.5 Å². The van der Waals surface area contributed by atoms with Crippen LogP contribution < -0.4 is 10.6 Å². The second kappa shape index (κ2) is 29.5. The molecule has 1 aliphatic heterocycles. The normalized spacial score (nSPS) is 15.6. The van der Waals surface area contributed by atoms with Crippen molar-refractivity contribution in [2.24, 2.45) is 5.92 Å². The number of hydrogen-bond acceptors (Lipinski definition) is 11. The summed E-state index contributed by atoms with van der Waals surface area (Å²) in [6, 6.07) is 0. The molecule has 5 amide bonds. The second-order valence-corrected chi connectivity index (χ2v) is 15.1. The quantitative estimate of drug-likeness (QED) is 0.154. The van der Waals surface area contributed by atoms with E-state index in [9.17, 15) is 43.2 Å². The molecular weight excluding hydrogens is 747 g/mol. The monoisotopic (exact) mass is 807 g/mol. The minimum absolute atomic E-state index is 0.0354. The van der Waals surface area contributed by atoms with E-state index >= 15 is 0 Å². The van der Waals surface area contributed by atoms with Crippen molar-refractivity contribution in [1.29, 1.82) is 0 Å². The molecule has 0 saturated heterocycles. The molecule has 0 aromatic rings. The van der Waals surface area contributed by atoms with Crippen LogP contribution in [0.1, 0.15) is 98.3 Å². The van der Waals surface area contributed by atoms with Crippen molar-refractivity contribution >= 4 is 76.2 Å². The molecule has 0 radical (unpaired) electrons. The van der Waals surface area contributed by atoms with Crippen molar-refractivity contribution in [2.45, 2.75) is 98.3 Å².